The van der Waals surface area contributed by atoms with Gasteiger partial charge in [0.2, 0.25) is 13.6 Å². The number of carbonyl (C=O) groups is 1. The fourth-order valence-corrected chi connectivity index (χ4v) is 3.40. The average molecular weight is 365 g/mol. The van der Waals surface area contributed by atoms with Crippen LogP contribution in [0.4, 0.5) is 5.69 Å². The van der Waals surface area contributed by atoms with Crippen LogP contribution < -0.4 is 18.9 Å². The van der Waals surface area contributed by atoms with Crippen molar-refractivity contribution < 1.29 is 28.7 Å². The maximum Gasteiger partial charge on any atom is 0.281 e. The van der Waals surface area contributed by atoms with Crippen LogP contribution in [0, 0.1) is 10.1 Å². The number of fused-ring (bicyclic) bond motifs is 3. The topological polar surface area (TPSA) is 97.1 Å². The maximum atomic E-state index is 11.9. The monoisotopic (exact) mass is 365 g/mol. The van der Waals surface area contributed by atoms with Crippen LogP contribution in [0.3, 0.4) is 0 Å². The number of rotatable bonds is 3. The van der Waals surface area contributed by atoms with Crippen LogP contribution in [0.15, 0.2) is 36.4 Å². The van der Waals surface area contributed by atoms with Crippen LogP contribution in [0.1, 0.15) is 10.4 Å². The molecular weight excluding hydrogens is 354 g/mol. The van der Waals surface area contributed by atoms with E-state index in [9.17, 15) is 14.9 Å². The van der Waals surface area contributed by atoms with Gasteiger partial charge in [0.05, 0.1) is 16.6 Å². The van der Waals surface area contributed by atoms with Crippen LogP contribution in [-0.2, 0) is 0 Å². The minimum atomic E-state index is -0.504. The van der Waals surface area contributed by atoms with Gasteiger partial charge in [-0.05, 0) is 34.5 Å². The van der Waals surface area contributed by atoms with Crippen LogP contribution in [-0.4, -0.2) is 24.8 Å². The van der Waals surface area contributed by atoms with Gasteiger partial charge in [-0.2, -0.15) is 0 Å². The number of aldehydes is 1. The fraction of sp³-hybridized carbons (Fsp3) is 0.105. The zero-order chi connectivity index (χ0) is 18.5. The Labute approximate surface area is 152 Å². The fourth-order valence-electron chi connectivity index (χ4n) is 3.40. The molecule has 8 heteroatoms. The summed E-state index contributed by atoms with van der Waals surface area (Å²) in [5.74, 6) is 1.84. The van der Waals surface area contributed by atoms with Gasteiger partial charge in [0.1, 0.15) is 0 Å². The third-order valence-corrected chi connectivity index (χ3v) is 4.65. The van der Waals surface area contributed by atoms with Crippen LogP contribution in [0.2, 0.25) is 0 Å². The summed E-state index contributed by atoms with van der Waals surface area (Å²) in [4.78, 5) is 23.0. The first kappa shape index (κ1) is 15.4. The van der Waals surface area contributed by atoms with Gasteiger partial charge in [0, 0.05) is 5.56 Å². The summed E-state index contributed by atoms with van der Waals surface area (Å²) >= 11 is 0. The molecule has 2 aliphatic rings. The summed E-state index contributed by atoms with van der Waals surface area (Å²) in [6.07, 6.45) is 0.689. The average Bonchev–Trinajstić information content (AvgIpc) is 3.32. The molecule has 0 atom stereocenters. The number of benzene rings is 3. The summed E-state index contributed by atoms with van der Waals surface area (Å²) in [6, 6.07) is 9.80. The number of carbonyl (C=O) groups excluding carboxylic acids is 1. The highest BCUT2D eigenvalue weighted by atomic mass is 16.7. The number of nitro groups is 1. The Kier molecular flexibility index (Phi) is 3.20. The summed E-state index contributed by atoms with van der Waals surface area (Å²) < 4.78 is 21.3. The molecule has 0 unspecified atom stereocenters. The third-order valence-electron chi connectivity index (χ3n) is 4.65. The molecule has 5 rings (SSSR count). The van der Waals surface area contributed by atoms with Gasteiger partial charge in [-0.3, -0.25) is 14.9 Å². The molecule has 134 valence electrons. The molecule has 0 bridgehead atoms. The van der Waals surface area contributed by atoms with Crippen LogP contribution in [0.25, 0.3) is 21.9 Å². The van der Waals surface area contributed by atoms with Crippen molar-refractivity contribution in [2.24, 2.45) is 0 Å². The predicted octanol–water partition coefficient (Wildman–Crippen LogP) is 3.68. The smallest absolute Gasteiger partial charge is 0.281 e. The zero-order valence-electron chi connectivity index (χ0n) is 13.8. The molecule has 0 N–H and O–H groups in total. The molecule has 0 fully saturated rings. The van der Waals surface area contributed by atoms with Crippen molar-refractivity contribution >= 4 is 22.7 Å². The lowest BCUT2D eigenvalue weighted by Gasteiger charge is -2.11. The van der Waals surface area contributed by atoms with E-state index in [1.165, 1.54) is 12.1 Å². The summed E-state index contributed by atoms with van der Waals surface area (Å²) in [7, 11) is 0. The Morgan fingerprint density at radius 1 is 0.852 bits per heavy atom. The predicted molar refractivity (Wildman–Crippen MR) is 93.7 cm³/mol. The maximum absolute atomic E-state index is 11.9. The molecule has 3 aromatic rings. The van der Waals surface area contributed by atoms with E-state index in [1.807, 2.05) is 0 Å². The Morgan fingerprint density at radius 2 is 1.48 bits per heavy atom. The van der Waals surface area contributed by atoms with Crippen molar-refractivity contribution in [2.45, 2.75) is 0 Å². The van der Waals surface area contributed by atoms with Crippen molar-refractivity contribution in [3.63, 3.8) is 0 Å². The van der Waals surface area contributed by atoms with E-state index < -0.39 is 4.92 Å². The van der Waals surface area contributed by atoms with Crippen molar-refractivity contribution in [1.82, 2.24) is 0 Å². The second kappa shape index (κ2) is 5.60. The van der Waals surface area contributed by atoms with Crippen molar-refractivity contribution in [1.29, 1.82) is 0 Å². The molecular formula is C19H11NO7. The van der Waals surface area contributed by atoms with E-state index in [-0.39, 0.29) is 24.8 Å². The SMILES string of the molecule is O=Cc1c(-c2cc3c(cc2[N+](=O)[O-])OCO3)ccc2cc3c(cc12)OCO3. The van der Waals surface area contributed by atoms with Gasteiger partial charge in [0.15, 0.2) is 29.3 Å². The van der Waals surface area contributed by atoms with Crippen LogP contribution in [0.5, 0.6) is 23.0 Å². The molecule has 0 aliphatic carbocycles. The van der Waals surface area contributed by atoms with Gasteiger partial charge < -0.3 is 18.9 Å². The minimum absolute atomic E-state index is 0.00231. The van der Waals surface area contributed by atoms with E-state index in [1.54, 1.807) is 24.3 Å². The second-order valence-corrected chi connectivity index (χ2v) is 6.05. The quantitative estimate of drug-likeness (QED) is 0.397. The van der Waals surface area contributed by atoms with Gasteiger partial charge in [-0.15, -0.1) is 0 Å². The Balaban J connectivity index is 1.80. The Hall–Kier alpha value is -3.81. The van der Waals surface area contributed by atoms with E-state index in [0.717, 1.165) is 5.39 Å². The Morgan fingerprint density at radius 3 is 2.15 bits per heavy atom. The largest absolute Gasteiger partial charge is 0.454 e. The molecule has 27 heavy (non-hydrogen) atoms. The van der Waals surface area contributed by atoms with Crippen molar-refractivity contribution in [2.75, 3.05) is 13.6 Å². The van der Waals surface area contributed by atoms with E-state index >= 15 is 0 Å². The van der Waals surface area contributed by atoms with Gasteiger partial charge in [-0.25, -0.2) is 0 Å². The first-order valence-corrected chi connectivity index (χ1v) is 8.05. The third kappa shape index (κ3) is 2.27. The standard InChI is InChI=1S/C19H11NO7/c21-7-14-11(2-1-10-3-16-17(4-12(10)14)25-8-24-16)13-5-18-19(27-9-26-18)6-15(13)20(22)23/h1-7H,8-9H2. The normalized spacial score (nSPS) is 13.8. The highest BCUT2D eigenvalue weighted by Gasteiger charge is 2.26. The molecule has 0 saturated heterocycles. The van der Waals surface area contributed by atoms with Crippen molar-refractivity contribution in [3.8, 4) is 34.1 Å². The lowest BCUT2D eigenvalue weighted by atomic mass is 9.93. The molecule has 3 aromatic carbocycles. The number of ether oxygens (including phenoxy) is 4. The first-order valence-electron chi connectivity index (χ1n) is 8.05. The lowest BCUT2D eigenvalue weighted by Crippen LogP contribution is -1.96. The molecule has 0 amide bonds. The number of nitro benzene ring substituents is 1. The molecule has 2 aliphatic heterocycles. The van der Waals surface area contributed by atoms with E-state index in [4.69, 9.17) is 18.9 Å². The van der Waals surface area contributed by atoms with Crippen molar-refractivity contribution in [3.05, 3.63) is 52.1 Å². The molecule has 0 spiro atoms. The lowest BCUT2D eigenvalue weighted by molar-refractivity contribution is -0.384. The zero-order valence-corrected chi connectivity index (χ0v) is 13.8. The number of hydrogen-bond donors (Lipinski definition) is 0. The minimum Gasteiger partial charge on any atom is -0.454 e. The number of hydrogen-bond acceptors (Lipinski definition) is 7. The van der Waals surface area contributed by atoms with Gasteiger partial charge in [-0.1, -0.05) is 12.1 Å². The highest BCUT2D eigenvalue weighted by molar-refractivity contribution is 6.06. The number of nitrogens with zero attached hydrogens (tertiary/aromatic N) is 1. The summed E-state index contributed by atoms with van der Waals surface area (Å²) in [6.45, 7) is 0.111. The van der Waals surface area contributed by atoms with E-state index in [0.29, 0.717) is 45.8 Å². The van der Waals surface area contributed by atoms with Gasteiger partial charge >= 0.3 is 0 Å². The molecule has 2 heterocycles. The summed E-state index contributed by atoms with van der Waals surface area (Å²) in [5, 5.41) is 13.0. The molecule has 8 nitrogen and oxygen atoms in total. The van der Waals surface area contributed by atoms with Gasteiger partial charge in [0.25, 0.3) is 5.69 Å². The van der Waals surface area contributed by atoms with Crippen LogP contribution >= 0.6 is 0 Å². The second-order valence-electron chi connectivity index (χ2n) is 6.05. The first-order chi connectivity index (χ1) is 13.2. The van der Waals surface area contributed by atoms with E-state index in [2.05, 4.69) is 0 Å². The molecule has 0 radical (unpaired) electrons. The highest BCUT2D eigenvalue weighted by Crippen LogP contribution is 2.45. The molecule has 0 saturated carbocycles. The molecule has 0 aromatic heterocycles. The Bertz CT molecular complexity index is 1140. The summed E-state index contributed by atoms with van der Waals surface area (Å²) in [5.41, 5.74) is 0.877.